The molecule has 1 unspecified atom stereocenters. The lowest BCUT2D eigenvalue weighted by Crippen LogP contribution is -2.36. The quantitative estimate of drug-likeness (QED) is 0.703. The summed E-state index contributed by atoms with van der Waals surface area (Å²) in [6.45, 7) is -0.0368. The highest BCUT2D eigenvalue weighted by molar-refractivity contribution is 5.94. The van der Waals surface area contributed by atoms with E-state index in [-0.39, 0.29) is 24.9 Å². The number of nitrogens with one attached hydrogen (secondary N) is 2. The molecule has 1 atom stereocenters. The standard InChI is InChI=1S/C17H19N5O4/c1-26-15(23)10-19-17(25)12-7-8-13-20-21-14(22(12)13)9-18-16(24)11-5-3-2-4-6-11/h2-6,12H,7-10H2,1H3,(H,18,24)(H,19,25). The van der Waals surface area contributed by atoms with Crippen molar-refractivity contribution < 1.29 is 19.1 Å². The second-order valence-electron chi connectivity index (χ2n) is 5.80. The Labute approximate surface area is 149 Å². The van der Waals surface area contributed by atoms with Gasteiger partial charge in [0.15, 0.2) is 5.82 Å². The van der Waals surface area contributed by atoms with E-state index in [1.165, 1.54) is 7.11 Å². The van der Waals surface area contributed by atoms with Crippen LogP contribution in [0.1, 0.15) is 34.5 Å². The maximum Gasteiger partial charge on any atom is 0.325 e. The molecule has 0 spiro atoms. The highest BCUT2D eigenvalue weighted by atomic mass is 16.5. The molecule has 2 aromatic rings. The van der Waals surface area contributed by atoms with Crippen LogP contribution in [0.3, 0.4) is 0 Å². The SMILES string of the molecule is COC(=O)CNC(=O)C1CCc2nnc(CNC(=O)c3ccccc3)n21. The van der Waals surface area contributed by atoms with Crippen LogP contribution < -0.4 is 10.6 Å². The minimum atomic E-state index is -0.518. The van der Waals surface area contributed by atoms with Gasteiger partial charge in [0.05, 0.1) is 13.7 Å². The molecular weight excluding hydrogens is 338 g/mol. The summed E-state index contributed by atoms with van der Waals surface area (Å²) in [6, 6.07) is 8.32. The maximum absolute atomic E-state index is 12.4. The van der Waals surface area contributed by atoms with Gasteiger partial charge in [-0.2, -0.15) is 0 Å². The fourth-order valence-corrected chi connectivity index (χ4v) is 2.85. The molecule has 0 radical (unpaired) electrons. The smallest absolute Gasteiger partial charge is 0.325 e. The third kappa shape index (κ3) is 3.71. The number of hydrogen-bond donors (Lipinski definition) is 2. The molecule has 2 amide bonds. The molecule has 9 heteroatoms. The van der Waals surface area contributed by atoms with Crippen LogP contribution in [0.25, 0.3) is 0 Å². The second-order valence-corrected chi connectivity index (χ2v) is 5.80. The Morgan fingerprint density at radius 1 is 1.19 bits per heavy atom. The number of aromatic nitrogens is 3. The number of ether oxygens (including phenoxy) is 1. The van der Waals surface area contributed by atoms with Crippen molar-refractivity contribution in [2.24, 2.45) is 0 Å². The Bertz CT molecular complexity index is 818. The fourth-order valence-electron chi connectivity index (χ4n) is 2.85. The van der Waals surface area contributed by atoms with Gasteiger partial charge in [-0.15, -0.1) is 10.2 Å². The minimum absolute atomic E-state index is 0.154. The number of amides is 2. The topological polar surface area (TPSA) is 115 Å². The highest BCUT2D eigenvalue weighted by Gasteiger charge is 2.32. The number of benzene rings is 1. The molecule has 1 aliphatic heterocycles. The molecule has 1 aliphatic rings. The predicted octanol–water partition coefficient (Wildman–Crippen LogP) is -0.0154. The van der Waals surface area contributed by atoms with E-state index in [1.54, 1.807) is 28.8 Å². The van der Waals surface area contributed by atoms with E-state index in [2.05, 4.69) is 25.6 Å². The molecule has 3 rings (SSSR count). The first-order valence-corrected chi connectivity index (χ1v) is 8.20. The molecule has 0 bridgehead atoms. The lowest BCUT2D eigenvalue weighted by molar-refractivity contribution is -0.141. The van der Waals surface area contributed by atoms with Gasteiger partial charge in [0.25, 0.3) is 5.91 Å². The summed E-state index contributed by atoms with van der Waals surface area (Å²) in [5.74, 6) is 0.139. The number of methoxy groups -OCH3 is 1. The molecule has 26 heavy (non-hydrogen) atoms. The van der Waals surface area contributed by atoms with Gasteiger partial charge in [-0.3, -0.25) is 14.4 Å². The zero-order chi connectivity index (χ0) is 18.5. The maximum atomic E-state index is 12.4. The molecular formula is C17H19N5O4. The molecule has 0 aliphatic carbocycles. The highest BCUT2D eigenvalue weighted by Crippen LogP contribution is 2.26. The summed E-state index contributed by atoms with van der Waals surface area (Å²) in [5.41, 5.74) is 0.543. The number of aryl methyl sites for hydroxylation is 1. The van der Waals surface area contributed by atoms with E-state index < -0.39 is 12.0 Å². The number of carbonyl (C=O) groups excluding carboxylic acids is 3. The largest absolute Gasteiger partial charge is 0.468 e. The van der Waals surface area contributed by atoms with Crippen LogP contribution in [0, 0.1) is 0 Å². The minimum Gasteiger partial charge on any atom is -0.468 e. The van der Waals surface area contributed by atoms with Crippen molar-refractivity contribution in [3.8, 4) is 0 Å². The van der Waals surface area contributed by atoms with E-state index in [0.717, 1.165) is 0 Å². The normalized spacial score (nSPS) is 15.2. The van der Waals surface area contributed by atoms with Gasteiger partial charge in [-0.1, -0.05) is 18.2 Å². The van der Waals surface area contributed by atoms with Crippen LogP contribution in [0.15, 0.2) is 30.3 Å². The van der Waals surface area contributed by atoms with E-state index in [4.69, 9.17) is 0 Å². The fraction of sp³-hybridized carbons (Fsp3) is 0.353. The number of hydrogen-bond acceptors (Lipinski definition) is 6. The first kappa shape index (κ1) is 17.6. The van der Waals surface area contributed by atoms with Crippen LogP contribution in [0.4, 0.5) is 0 Å². The Morgan fingerprint density at radius 2 is 1.96 bits per heavy atom. The number of carbonyl (C=O) groups is 3. The summed E-state index contributed by atoms with van der Waals surface area (Å²) >= 11 is 0. The summed E-state index contributed by atoms with van der Waals surface area (Å²) in [5, 5.41) is 13.5. The second kappa shape index (κ2) is 7.77. The summed E-state index contributed by atoms with van der Waals surface area (Å²) in [4.78, 5) is 35.7. The van der Waals surface area contributed by atoms with Crippen molar-refractivity contribution in [1.29, 1.82) is 0 Å². The first-order valence-electron chi connectivity index (χ1n) is 8.20. The van der Waals surface area contributed by atoms with Crippen LogP contribution in [0.2, 0.25) is 0 Å². The Balaban J connectivity index is 1.65. The zero-order valence-electron chi connectivity index (χ0n) is 14.3. The third-order valence-corrected chi connectivity index (χ3v) is 4.17. The number of rotatable bonds is 6. The van der Waals surface area contributed by atoms with Gasteiger partial charge >= 0.3 is 5.97 Å². The van der Waals surface area contributed by atoms with Crippen LogP contribution in [-0.2, 0) is 27.3 Å². The summed E-state index contributed by atoms with van der Waals surface area (Å²) in [7, 11) is 1.26. The summed E-state index contributed by atoms with van der Waals surface area (Å²) < 4.78 is 6.24. The van der Waals surface area contributed by atoms with Gasteiger partial charge in [0, 0.05) is 12.0 Å². The first-order chi connectivity index (χ1) is 12.6. The van der Waals surface area contributed by atoms with Gasteiger partial charge < -0.3 is 19.9 Å². The molecule has 1 aromatic carbocycles. The van der Waals surface area contributed by atoms with E-state index >= 15 is 0 Å². The van der Waals surface area contributed by atoms with Gasteiger partial charge in [0.2, 0.25) is 5.91 Å². The molecule has 0 saturated heterocycles. The van der Waals surface area contributed by atoms with E-state index in [9.17, 15) is 14.4 Å². The van der Waals surface area contributed by atoms with Crippen LogP contribution in [0.5, 0.6) is 0 Å². The van der Waals surface area contributed by atoms with Gasteiger partial charge in [-0.05, 0) is 18.6 Å². The van der Waals surface area contributed by atoms with Crippen molar-refractivity contribution in [3.05, 3.63) is 47.5 Å². The lowest BCUT2D eigenvalue weighted by atomic mass is 10.2. The molecule has 2 heterocycles. The van der Waals surface area contributed by atoms with Crippen LogP contribution >= 0.6 is 0 Å². The zero-order valence-corrected chi connectivity index (χ0v) is 14.3. The Kier molecular flexibility index (Phi) is 5.26. The lowest BCUT2D eigenvalue weighted by Gasteiger charge is -2.15. The van der Waals surface area contributed by atoms with Crippen molar-refractivity contribution in [1.82, 2.24) is 25.4 Å². The van der Waals surface area contributed by atoms with E-state index in [0.29, 0.717) is 30.1 Å². The number of nitrogens with zero attached hydrogens (tertiary/aromatic N) is 3. The predicted molar refractivity (Wildman–Crippen MR) is 90.0 cm³/mol. The van der Waals surface area contributed by atoms with Crippen molar-refractivity contribution in [3.63, 3.8) is 0 Å². The third-order valence-electron chi connectivity index (χ3n) is 4.17. The summed E-state index contributed by atoms with van der Waals surface area (Å²) in [6.07, 6.45) is 1.17. The average Bonchev–Trinajstić information content (AvgIpc) is 3.27. The number of esters is 1. The molecule has 0 fully saturated rings. The monoisotopic (exact) mass is 357 g/mol. The molecule has 9 nitrogen and oxygen atoms in total. The van der Waals surface area contributed by atoms with Crippen LogP contribution in [-0.4, -0.2) is 46.2 Å². The number of fused-ring (bicyclic) bond motifs is 1. The van der Waals surface area contributed by atoms with Gasteiger partial charge in [-0.25, -0.2) is 0 Å². The van der Waals surface area contributed by atoms with Crippen molar-refractivity contribution >= 4 is 17.8 Å². The van der Waals surface area contributed by atoms with Gasteiger partial charge in [0.1, 0.15) is 18.4 Å². The molecule has 0 saturated carbocycles. The Hall–Kier alpha value is -3.23. The Morgan fingerprint density at radius 3 is 2.69 bits per heavy atom. The average molecular weight is 357 g/mol. The molecule has 136 valence electrons. The van der Waals surface area contributed by atoms with Crippen molar-refractivity contribution in [2.45, 2.75) is 25.4 Å². The van der Waals surface area contributed by atoms with Crippen molar-refractivity contribution in [2.75, 3.05) is 13.7 Å². The van der Waals surface area contributed by atoms with E-state index in [1.807, 2.05) is 6.07 Å². The molecule has 1 aromatic heterocycles. The molecule has 2 N–H and O–H groups in total.